The lowest BCUT2D eigenvalue weighted by molar-refractivity contribution is -0.908. The molecule has 1 unspecified atom stereocenters. The Morgan fingerprint density at radius 2 is 1.00 bits per heavy atom. The predicted molar refractivity (Wildman–Crippen MR) is 137 cm³/mol. The van der Waals surface area contributed by atoms with Crippen molar-refractivity contribution in [1.29, 1.82) is 0 Å². The van der Waals surface area contributed by atoms with Crippen LogP contribution in [0.2, 0.25) is 0 Å². The SMILES string of the molecule is C=CCCCCCCCCCCCCCCCCCCC(CCC)(P(=O)=O)[N+](C)(C)C. The van der Waals surface area contributed by atoms with Crippen LogP contribution >= 0.6 is 7.68 Å². The standard InChI is InChI=1S/C27H55NO2P/c1-6-8-9-10-11-12-13-14-15-16-17-18-19-20-21-22-23-24-26-27(25-7-2,31(29)30)28(3,4)5/h6H,1,7-26H2,2-5H3/q+1. The van der Waals surface area contributed by atoms with Crippen LogP contribution in [0.4, 0.5) is 0 Å². The van der Waals surface area contributed by atoms with E-state index in [1.807, 2.05) is 27.2 Å². The fourth-order valence-corrected chi connectivity index (χ4v) is 6.03. The van der Waals surface area contributed by atoms with Gasteiger partial charge in [-0.3, -0.25) is 0 Å². The Kier molecular flexibility index (Phi) is 18.9. The normalized spacial score (nSPS) is 13.8. The fraction of sp³-hybridized carbons (Fsp3) is 0.926. The Morgan fingerprint density at radius 1 is 0.645 bits per heavy atom. The maximum Gasteiger partial charge on any atom is 0.378 e. The van der Waals surface area contributed by atoms with E-state index < -0.39 is 13.0 Å². The molecule has 0 aliphatic rings. The van der Waals surface area contributed by atoms with Gasteiger partial charge >= 0.3 is 7.68 Å². The first kappa shape index (κ1) is 30.6. The molecule has 0 radical (unpaired) electrons. The van der Waals surface area contributed by atoms with E-state index in [2.05, 4.69) is 13.5 Å². The number of quaternary nitrogens is 1. The Morgan fingerprint density at radius 3 is 1.29 bits per heavy atom. The summed E-state index contributed by atoms with van der Waals surface area (Å²) in [6.45, 7) is 5.87. The highest BCUT2D eigenvalue weighted by molar-refractivity contribution is 7.32. The van der Waals surface area contributed by atoms with E-state index in [-0.39, 0.29) is 0 Å². The third kappa shape index (κ3) is 14.4. The van der Waals surface area contributed by atoms with Gasteiger partial charge < -0.3 is 4.48 Å². The van der Waals surface area contributed by atoms with Crippen LogP contribution in [0, 0.1) is 0 Å². The van der Waals surface area contributed by atoms with E-state index in [9.17, 15) is 9.13 Å². The Labute approximate surface area is 195 Å². The van der Waals surface area contributed by atoms with Crippen molar-refractivity contribution in [3.63, 3.8) is 0 Å². The molecule has 0 aromatic carbocycles. The van der Waals surface area contributed by atoms with Gasteiger partial charge in [0, 0.05) is 12.8 Å². The third-order valence-corrected chi connectivity index (χ3v) is 8.70. The lowest BCUT2D eigenvalue weighted by Crippen LogP contribution is -2.53. The molecule has 0 aliphatic carbocycles. The molecule has 0 bridgehead atoms. The van der Waals surface area contributed by atoms with E-state index >= 15 is 0 Å². The zero-order valence-electron chi connectivity index (χ0n) is 21.6. The van der Waals surface area contributed by atoms with E-state index in [0.29, 0.717) is 4.48 Å². The Hall–Kier alpha value is -0.400. The first-order valence-corrected chi connectivity index (χ1v) is 14.6. The topological polar surface area (TPSA) is 34.1 Å². The number of hydrogen-bond donors (Lipinski definition) is 0. The van der Waals surface area contributed by atoms with E-state index in [1.165, 1.54) is 103 Å². The Balaban J connectivity index is 3.60. The molecule has 4 heteroatoms. The molecule has 3 nitrogen and oxygen atoms in total. The molecule has 0 aromatic rings. The van der Waals surface area contributed by atoms with Crippen molar-refractivity contribution in [2.24, 2.45) is 0 Å². The molecule has 0 rings (SSSR count). The van der Waals surface area contributed by atoms with Crippen LogP contribution in [0.3, 0.4) is 0 Å². The smallest absolute Gasteiger partial charge is 0.314 e. The van der Waals surface area contributed by atoms with E-state index in [1.54, 1.807) is 0 Å². The molecule has 0 spiro atoms. The monoisotopic (exact) mass is 456 g/mol. The van der Waals surface area contributed by atoms with Crippen molar-refractivity contribution in [1.82, 2.24) is 0 Å². The summed E-state index contributed by atoms with van der Waals surface area (Å²) in [5.41, 5.74) is 0. The molecule has 1 atom stereocenters. The minimum Gasteiger partial charge on any atom is -0.314 e. The van der Waals surface area contributed by atoms with Gasteiger partial charge in [0.2, 0.25) is 5.28 Å². The first-order chi connectivity index (χ1) is 14.8. The van der Waals surface area contributed by atoms with Gasteiger partial charge in [-0.15, -0.1) is 6.58 Å². The van der Waals surface area contributed by atoms with Crippen LogP contribution in [0.25, 0.3) is 0 Å². The van der Waals surface area contributed by atoms with Gasteiger partial charge in [-0.1, -0.05) is 103 Å². The molecular formula is C27H55NO2P+. The van der Waals surface area contributed by atoms with Gasteiger partial charge in [-0.25, -0.2) is 9.13 Å². The highest BCUT2D eigenvalue weighted by Crippen LogP contribution is 2.44. The minimum absolute atomic E-state index is 0.523. The van der Waals surface area contributed by atoms with Gasteiger partial charge in [0.1, 0.15) is 0 Å². The summed E-state index contributed by atoms with van der Waals surface area (Å²) >= 11 is 0. The summed E-state index contributed by atoms with van der Waals surface area (Å²) in [6, 6.07) is 0. The van der Waals surface area contributed by atoms with Crippen LogP contribution in [0.5, 0.6) is 0 Å². The predicted octanol–water partition coefficient (Wildman–Crippen LogP) is 9.57. The van der Waals surface area contributed by atoms with Crippen molar-refractivity contribution < 1.29 is 13.6 Å². The van der Waals surface area contributed by atoms with Crippen LogP contribution < -0.4 is 0 Å². The maximum atomic E-state index is 12.1. The van der Waals surface area contributed by atoms with Crippen LogP contribution in [0.1, 0.15) is 135 Å². The van der Waals surface area contributed by atoms with Gasteiger partial charge in [-0.05, 0) is 25.7 Å². The summed E-state index contributed by atoms with van der Waals surface area (Å²) in [7, 11) is 3.68. The van der Waals surface area contributed by atoms with Gasteiger partial charge in [-0.2, -0.15) is 0 Å². The summed E-state index contributed by atoms with van der Waals surface area (Å²) in [5.74, 6) is 0. The molecule has 0 aromatic heterocycles. The first-order valence-electron chi connectivity index (χ1n) is 13.4. The lowest BCUT2D eigenvalue weighted by Gasteiger charge is -2.41. The number of nitrogens with zero attached hydrogens (tertiary/aromatic N) is 1. The molecule has 184 valence electrons. The Bertz CT molecular complexity index is 488. The number of allylic oxidation sites excluding steroid dienone is 1. The van der Waals surface area contributed by atoms with E-state index in [0.717, 1.165) is 25.7 Å². The van der Waals surface area contributed by atoms with Crippen molar-refractivity contribution in [3.05, 3.63) is 12.7 Å². The van der Waals surface area contributed by atoms with Crippen LogP contribution in [-0.4, -0.2) is 30.9 Å². The largest absolute Gasteiger partial charge is 0.378 e. The van der Waals surface area contributed by atoms with Crippen molar-refractivity contribution in [2.45, 2.75) is 141 Å². The second kappa shape index (κ2) is 19.1. The highest BCUT2D eigenvalue weighted by Gasteiger charge is 2.47. The molecule has 0 saturated heterocycles. The molecule has 0 amide bonds. The molecule has 0 heterocycles. The lowest BCUT2D eigenvalue weighted by atomic mass is 9.99. The number of hydrogen-bond acceptors (Lipinski definition) is 2. The molecule has 0 N–H and O–H groups in total. The maximum absolute atomic E-state index is 12.1. The molecule has 0 saturated carbocycles. The zero-order chi connectivity index (χ0) is 23.4. The number of unbranched alkanes of at least 4 members (excludes halogenated alkanes) is 16. The second-order valence-corrected chi connectivity index (χ2v) is 11.8. The molecular weight excluding hydrogens is 401 g/mol. The van der Waals surface area contributed by atoms with Crippen molar-refractivity contribution >= 4 is 7.68 Å². The molecule has 31 heavy (non-hydrogen) atoms. The summed E-state index contributed by atoms with van der Waals surface area (Å²) in [4.78, 5) is 0. The molecule has 0 aliphatic heterocycles. The number of rotatable bonds is 23. The van der Waals surface area contributed by atoms with Gasteiger partial charge in [0.25, 0.3) is 0 Å². The van der Waals surface area contributed by atoms with Gasteiger partial charge in [0.05, 0.1) is 21.1 Å². The summed E-state index contributed by atoms with van der Waals surface area (Å²) in [5, 5.41) is -0.588. The fourth-order valence-electron chi connectivity index (χ4n) is 4.80. The second-order valence-electron chi connectivity index (χ2n) is 10.5. The van der Waals surface area contributed by atoms with Crippen molar-refractivity contribution in [2.75, 3.05) is 21.1 Å². The zero-order valence-corrected chi connectivity index (χ0v) is 22.5. The highest BCUT2D eigenvalue weighted by atomic mass is 31.1. The average molecular weight is 457 g/mol. The van der Waals surface area contributed by atoms with Gasteiger partial charge in [0.15, 0.2) is 0 Å². The summed E-state index contributed by atoms with van der Waals surface area (Å²) < 4.78 is 24.7. The summed E-state index contributed by atoms with van der Waals surface area (Å²) in [6.07, 6.45) is 27.2. The third-order valence-electron chi connectivity index (χ3n) is 6.97. The van der Waals surface area contributed by atoms with Crippen molar-refractivity contribution in [3.8, 4) is 0 Å². The minimum atomic E-state index is -2.42. The average Bonchev–Trinajstić information content (AvgIpc) is 2.71. The van der Waals surface area contributed by atoms with Crippen LogP contribution in [-0.2, 0) is 9.13 Å². The quantitative estimate of drug-likeness (QED) is 0.0663. The van der Waals surface area contributed by atoms with Crippen LogP contribution in [0.15, 0.2) is 12.7 Å². The molecule has 0 fully saturated rings. The van der Waals surface area contributed by atoms with E-state index in [4.69, 9.17) is 0 Å².